The van der Waals surface area contributed by atoms with E-state index in [1.165, 1.54) is 36.0 Å². The average Bonchev–Trinajstić information content (AvgIpc) is 2.82. The Morgan fingerprint density at radius 2 is 0.857 bits per heavy atom. The molecule has 4 aromatic carbocycles. The number of hydrogen-bond acceptors (Lipinski definition) is 2. The quantitative estimate of drug-likeness (QED) is 0.252. The van der Waals surface area contributed by atoms with E-state index in [2.05, 4.69) is 0 Å². The van der Waals surface area contributed by atoms with E-state index in [0.717, 1.165) is 56.6 Å². The molecule has 178 valence electrons. The van der Waals surface area contributed by atoms with E-state index < -0.39 is 23.5 Å². The molecule has 0 aliphatic carbocycles. The number of rotatable bonds is 2. The van der Waals surface area contributed by atoms with Crippen molar-refractivity contribution in [2.75, 3.05) is 11.9 Å². The van der Waals surface area contributed by atoms with Gasteiger partial charge in [0.15, 0.2) is 0 Å². The van der Waals surface area contributed by atoms with Crippen LogP contribution in [0.15, 0.2) is 94.7 Å². The van der Waals surface area contributed by atoms with Gasteiger partial charge in [-0.25, -0.2) is 0 Å². The fraction of sp³-hybridized carbons (Fsp3) is 0.111. The molecule has 0 unspecified atom stereocenters. The van der Waals surface area contributed by atoms with Gasteiger partial charge in [-0.05, 0) is 70.8 Å². The number of halogens is 6. The maximum atomic E-state index is 12.9. The lowest BCUT2D eigenvalue weighted by Crippen LogP contribution is -2.14. The number of hydrogen-bond donors (Lipinski definition) is 0. The maximum absolute atomic E-state index is 12.9. The van der Waals surface area contributed by atoms with Crippen LogP contribution in [0.1, 0.15) is 11.1 Å². The standard InChI is InChI=1S/C27H17F6NS/c1-34-22-12-6-18(16-2-8-20(9-3-16)26(28,29)30)14-24(22)35-25-15-19(7-13-23(25)34)17-4-10-21(11-5-17)27(31,32)33/h2-15H,1H3. The van der Waals surface area contributed by atoms with E-state index in [1.54, 1.807) is 0 Å². The topological polar surface area (TPSA) is 3.24 Å². The van der Waals surface area contributed by atoms with Crippen LogP contribution >= 0.6 is 11.8 Å². The Bertz CT molecular complexity index is 1280. The first-order valence-corrected chi connectivity index (χ1v) is 11.4. The van der Waals surface area contributed by atoms with Crippen LogP contribution in [0.3, 0.4) is 0 Å². The summed E-state index contributed by atoms with van der Waals surface area (Å²) < 4.78 is 77.4. The molecule has 0 atom stereocenters. The van der Waals surface area contributed by atoms with E-state index in [9.17, 15) is 26.3 Å². The van der Waals surface area contributed by atoms with Gasteiger partial charge in [0.2, 0.25) is 0 Å². The Labute approximate surface area is 202 Å². The van der Waals surface area contributed by atoms with E-state index in [4.69, 9.17) is 0 Å². The lowest BCUT2D eigenvalue weighted by atomic mass is 10.0. The van der Waals surface area contributed by atoms with Crippen LogP contribution < -0.4 is 4.90 Å². The van der Waals surface area contributed by atoms with Gasteiger partial charge in [0.05, 0.1) is 22.5 Å². The van der Waals surface area contributed by atoms with E-state index in [-0.39, 0.29) is 0 Å². The van der Waals surface area contributed by atoms with Crippen molar-refractivity contribution < 1.29 is 26.3 Å². The second-order valence-corrected chi connectivity index (χ2v) is 9.26. The van der Waals surface area contributed by atoms with Crippen molar-refractivity contribution in [3.63, 3.8) is 0 Å². The predicted octanol–water partition coefficient (Wildman–Crippen LogP) is 9.29. The zero-order valence-electron chi connectivity index (χ0n) is 18.2. The maximum Gasteiger partial charge on any atom is 0.416 e. The molecule has 1 heterocycles. The van der Waals surface area contributed by atoms with E-state index in [0.29, 0.717) is 11.1 Å². The lowest BCUT2D eigenvalue weighted by Gasteiger charge is -2.30. The summed E-state index contributed by atoms with van der Waals surface area (Å²) in [6.45, 7) is 0. The molecular formula is C27H17F6NS. The number of fused-ring (bicyclic) bond motifs is 2. The molecule has 35 heavy (non-hydrogen) atoms. The van der Waals surface area contributed by atoms with Crippen LogP contribution in [-0.4, -0.2) is 7.05 Å². The monoisotopic (exact) mass is 501 g/mol. The minimum absolute atomic E-state index is 0.674. The number of nitrogens with zero attached hydrogens (tertiary/aromatic N) is 1. The first kappa shape index (κ1) is 23.4. The molecule has 8 heteroatoms. The van der Waals surface area contributed by atoms with Gasteiger partial charge >= 0.3 is 12.4 Å². The van der Waals surface area contributed by atoms with Crippen molar-refractivity contribution in [3.8, 4) is 22.3 Å². The molecule has 0 bridgehead atoms. The molecule has 1 aliphatic rings. The van der Waals surface area contributed by atoms with Crippen molar-refractivity contribution in [1.82, 2.24) is 0 Å². The second-order valence-electron chi connectivity index (χ2n) is 8.18. The third kappa shape index (κ3) is 4.50. The SMILES string of the molecule is CN1c2ccc(-c3ccc(C(F)(F)F)cc3)cc2Sc2cc(-c3ccc(C(F)(F)F)cc3)ccc21. The van der Waals surface area contributed by atoms with Crippen LogP contribution in [0.2, 0.25) is 0 Å². The first-order valence-electron chi connectivity index (χ1n) is 10.6. The Hall–Kier alpha value is -3.39. The summed E-state index contributed by atoms with van der Waals surface area (Å²) in [5.41, 5.74) is 3.46. The van der Waals surface area contributed by atoms with Crippen LogP contribution in [0.5, 0.6) is 0 Å². The highest BCUT2D eigenvalue weighted by Crippen LogP contribution is 2.49. The smallest absolute Gasteiger partial charge is 0.343 e. The number of benzene rings is 4. The molecule has 0 N–H and O–H groups in total. The fourth-order valence-electron chi connectivity index (χ4n) is 4.06. The molecule has 1 aliphatic heterocycles. The van der Waals surface area contributed by atoms with Crippen molar-refractivity contribution in [2.45, 2.75) is 22.1 Å². The van der Waals surface area contributed by atoms with Gasteiger partial charge in [-0.1, -0.05) is 48.2 Å². The highest BCUT2D eigenvalue weighted by Gasteiger charge is 2.31. The Balaban J connectivity index is 1.46. The Kier molecular flexibility index (Phi) is 5.59. The lowest BCUT2D eigenvalue weighted by molar-refractivity contribution is -0.138. The van der Waals surface area contributed by atoms with Crippen LogP contribution in [-0.2, 0) is 12.4 Å². The van der Waals surface area contributed by atoms with Crippen LogP contribution in [0, 0.1) is 0 Å². The molecule has 0 radical (unpaired) electrons. The molecule has 0 fully saturated rings. The summed E-state index contributed by atoms with van der Waals surface area (Å²) in [6, 6.07) is 21.6. The van der Waals surface area contributed by atoms with Gasteiger partial charge in [-0.3, -0.25) is 0 Å². The predicted molar refractivity (Wildman–Crippen MR) is 126 cm³/mol. The normalized spacial score (nSPS) is 13.4. The van der Waals surface area contributed by atoms with Gasteiger partial charge in [0.1, 0.15) is 0 Å². The van der Waals surface area contributed by atoms with Gasteiger partial charge in [-0.15, -0.1) is 0 Å². The zero-order valence-corrected chi connectivity index (χ0v) is 19.0. The molecule has 0 saturated carbocycles. The van der Waals surface area contributed by atoms with Crippen molar-refractivity contribution >= 4 is 23.1 Å². The number of alkyl halides is 6. The molecule has 1 nitrogen and oxygen atoms in total. The van der Waals surface area contributed by atoms with E-state index >= 15 is 0 Å². The molecule has 5 rings (SSSR count). The summed E-state index contributed by atoms with van der Waals surface area (Å²) in [5.74, 6) is 0. The summed E-state index contributed by atoms with van der Waals surface area (Å²) in [7, 11) is 1.92. The largest absolute Gasteiger partial charge is 0.416 e. The molecule has 0 spiro atoms. The molecule has 0 aromatic heterocycles. The van der Waals surface area contributed by atoms with Gasteiger partial charge in [-0.2, -0.15) is 26.3 Å². The fourth-order valence-corrected chi connectivity index (χ4v) is 5.28. The Morgan fingerprint density at radius 3 is 1.20 bits per heavy atom. The Morgan fingerprint density at radius 1 is 0.514 bits per heavy atom. The van der Waals surface area contributed by atoms with Crippen molar-refractivity contribution in [3.05, 3.63) is 96.1 Å². The molecule has 0 saturated heterocycles. The van der Waals surface area contributed by atoms with Crippen molar-refractivity contribution in [1.29, 1.82) is 0 Å². The van der Waals surface area contributed by atoms with Gasteiger partial charge in [0, 0.05) is 16.8 Å². The van der Waals surface area contributed by atoms with Gasteiger partial charge < -0.3 is 4.90 Å². The highest BCUT2D eigenvalue weighted by atomic mass is 32.2. The summed E-state index contributed by atoms with van der Waals surface area (Å²) >= 11 is 1.52. The van der Waals surface area contributed by atoms with E-state index in [1.807, 2.05) is 48.3 Å². The van der Waals surface area contributed by atoms with Gasteiger partial charge in [0.25, 0.3) is 0 Å². The third-order valence-electron chi connectivity index (χ3n) is 5.95. The summed E-state index contributed by atoms with van der Waals surface area (Å²) in [5, 5.41) is 0. The summed E-state index contributed by atoms with van der Waals surface area (Å²) in [4.78, 5) is 3.89. The molecule has 4 aromatic rings. The summed E-state index contributed by atoms with van der Waals surface area (Å²) in [6.07, 6.45) is -8.77. The second kappa shape index (κ2) is 8.37. The van der Waals surface area contributed by atoms with Crippen molar-refractivity contribution in [2.24, 2.45) is 0 Å². The number of anilines is 2. The van der Waals surface area contributed by atoms with Crippen LogP contribution in [0.4, 0.5) is 37.7 Å². The molecule has 0 amide bonds. The molecular weight excluding hydrogens is 484 g/mol. The highest BCUT2D eigenvalue weighted by molar-refractivity contribution is 7.99. The minimum atomic E-state index is -4.39. The zero-order chi connectivity index (χ0) is 25.0. The average molecular weight is 501 g/mol. The minimum Gasteiger partial charge on any atom is -0.343 e. The van der Waals surface area contributed by atoms with Crippen LogP contribution in [0.25, 0.3) is 22.3 Å². The third-order valence-corrected chi connectivity index (χ3v) is 7.05. The first-order chi connectivity index (χ1) is 16.5.